The van der Waals surface area contributed by atoms with Gasteiger partial charge < -0.3 is 19.5 Å². The molecule has 0 fully saturated rings. The molecule has 3 aromatic rings. The molecule has 0 aliphatic heterocycles. The van der Waals surface area contributed by atoms with E-state index in [1.807, 2.05) is 18.4 Å². The van der Waals surface area contributed by atoms with Gasteiger partial charge in [0.1, 0.15) is 18.4 Å². The van der Waals surface area contributed by atoms with E-state index in [-0.39, 0.29) is 29.4 Å². The summed E-state index contributed by atoms with van der Waals surface area (Å²) in [5.74, 6) is 3.67. The van der Waals surface area contributed by atoms with E-state index in [0.29, 0.717) is 23.2 Å². The number of aliphatic carboxylic acids is 1. The van der Waals surface area contributed by atoms with Gasteiger partial charge in [-0.15, -0.1) is 5.92 Å². The van der Waals surface area contributed by atoms with Crippen LogP contribution < -0.4 is 9.46 Å². The number of carboxylic acids is 2. The Labute approximate surface area is 209 Å². The van der Waals surface area contributed by atoms with Gasteiger partial charge in [0, 0.05) is 30.1 Å². The second kappa shape index (κ2) is 11.3. The summed E-state index contributed by atoms with van der Waals surface area (Å²) in [5.41, 5.74) is 1.34. The average Bonchev–Trinajstić information content (AvgIpc) is 3.14. The molecule has 1 heterocycles. The zero-order chi connectivity index (χ0) is 26.5. The van der Waals surface area contributed by atoms with Crippen molar-refractivity contribution in [1.29, 1.82) is 0 Å². The molecule has 9 nitrogen and oxygen atoms in total. The molecule has 0 radical (unpaired) electrons. The van der Waals surface area contributed by atoms with Gasteiger partial charge in [-0.05, 0) is 60.9 Å². The van der Waals surface area contributed by atoms with Crippen molar-refractivity contribution in [3.8, 4) is 17.6 Å². The smallest absolute Gasteiger partial charge is 0.335 e. The molecule has 190 valence electrons. The lowest BCUT2D eigenvalue weighted by molar-refractivity contribution is -0.138. The van der Waals surface area contributed by atoms with Crippen LogP contribution in [-0.2, 0) is 27.8 Å². The molecule has 0 aliphatic carbocycles. The topological polar surface area (TPSA) is 135 Å². The molecule has 1 aromatic heterocycles. The summed E-state index contributed by atoms with van der Waals surface area (Å²) < 4.78 is 35.5. The molecule has 0 saturated heterocycles. The largest absolute Gasteiger partial charge is 0.481 e. The zero-order valence-corrected chi connectivity index (χ0v) is 21.0. The van der Waals surface area contributed by atoms with Gasteiger partial charge >= 0.3 is 11.9 Å². The number of benzene rings is 2. The van der Waals surface area contributed by atoms with Crippen LogP contribution in [0, 0.1) is 17.8 Å². The Bertz CT molecular complexity index is 1430. The Morgan fingerprint density at radius 2 is 1.81 bits per heavy atom. The van der Waals surface area contributed by atoms with Crippen molar-refractivity contribution >= 4 is 32.9 Å². The van der Waals surface area contributed by atoms with Crippen LogP contribution in [0.5, 0.6) is 5.75 Å². The highest BCUT2D eigenvalue weighted by atomic mass is 32.2. The van der Waals surface area contributed by atoms with Crippen molar-refractivity contribution in [3.05, 3.63) is 59.8 Å². The highest BCUT2D eigenvalue weighted by Crippen LogP contribution is 2.26. The molecule has 3 rings (SSSR count). The van der Waals surface area contributed by atoms with Gasteiger partial charge in [0.25, 0.3) is 0 Å². The minimum absolute atomic E-state index is 0.0609. The van der Waals surface area contributed by atoms with E-state index >= 15 is 0 Å². The van der Waals surface area contributed by atoms with Crippen LogP contribution in [0.25, 0.3) is 10.9 Å². The number of aromatic carboxylic acids is 1. The van der Waals surface area contributed by atoms with E-state index in [9.17, 15) is 28.2 Å². The summed E-state index contributed by atoms with van der Waals surface area (Å²) >= 11 is 0. The summed E-state index contributed by atoms with van der Waals surface area (Å²) in [6.07, 6.45) is 1.59. The first-order valence-corrected chi connectivity index (χ1v) is 12.7. The van der Waals surface area contributed by atoms with Gasteiger partial charge in [0.2, 0.25) is 10.0 Å². The number of nitrogens with zero attached hydrogens (tertiary/aromatic N) is 1. The predicted molar refractivity (Wildman–Crippen MR) is 135 cm³/mol. The molecule has 0 amide bonds. The zero-order valence-electron chi connectivity index (χ0n) is 20.2. The lowest BCUT2D eigenvalue weighted by Gasteiger charge is -2.15. The van der Waals surface area contributed by atoms with Crippen LogP contribution >= 0.6 is 0 Å². The van der Waals surface area contributed by atoms with E-state index in [1.54, 1.807) is 19.2 Å². The molecule has 2 aromatic carbocycles. The third kappa shape index (κ3) is 6.44. The van der Waals surface area contributed by atoms with Crippen molar-refractivity contribution in [2.75, 3.05) is 6.61 Å². The summed E-state index contributed by atoms with van der Waals surface area (Å²) in [5, 5.41) is 19.8. The second-order valence-electron chi connectivity index (χ2n) is 8.64. The number of ether oxygens (including phenoxy) is 1. The first-order chi connectivity index (χ1) is 17.0. The van der Waals surface area contributed by atoms with Gasteiger partial charge in [0.15, 0.2) is 0 Å². The second-order valence-corrected chi connectivity index (χ2v) is 10.4. The molecular formula is C26H28N2O7S. The normalized spacial score (nSPS) is 12.2. The molecule has 1 atom stereocenters. The fraction of sp³-hybridized carbons (Fsp3) is 0.308. The van der Waals surface area contributed by atoms with Crippen molar-refractivity contribution in [2.45, 2.75) is 44.7 Å². The third-order valence-electron chi connectivity index (χ3n) is 5.41. The van der Waals surface area contributed by atoms with Crippen molar-refractivity contribution in [2.24, 2.45) is 5.92 Å². The van der Waals surface area contributed by atoms with Crippen LogP contribution in [0.1, 0.15) is 36.7 Å². The SMILES string of the molecule is CC#CCOc1ccc(S(=O)(=O)NC(Cc2cn(CC(C)C)c3ccc(C(=O)O)cc23)C(=O)O)cc1. The first-order valence-electron chi connectivity index (χ1n) is 11.2. The lowest BCUT2D eigenvalue weighted by atomic mass is 10.0. The number of hydrogen-bond acceptors (Lipinski definition) is 5. The minimum atomic E-state index is -4.17. The Morgan fingerprint density at radius 1 is 1.11 bits per heavy atom. The highest BCUT2D eigenvalue weighted by molar-refractivity contribution is 7.89. The fourth-order valence-corrected chi connectivity index (χ4v) is 4.96. The summed E-state index contributed by atoms with van der Waals surface area (Å²) in [4.78, 5) is 23.4. The van der Waals surface area contributed by atoms with Crippen molar-refractivity contribution in [3.63, 3.8) is 0 Å². The Balaban J connectivity index is 1.90. The van der Waals surface area contributed by atoms with E-state index in [1.165, 1.54) is 36.4 Å². The molecule has 0 saturated carbocycles. The van der Waals surface area contributed by atoms with E-state index in [4.69, 9.17) is 4.74 Å². The maximum Gasteiger partial charge on any atom is 0.335 e. The highest BCUT2D eigenvalue weighted by Gasteiger charge is 2.27. The number of carboxylic acid groups (broad SMARTS) is 2. The third-order valence-corrected chi connectivity index (χ3v) is 6.90. The standard InChI is InChI=1S/C26H28N2O7S/c1-4-5-12-35-20-7-9-21(10-8-20)36(33,34)27-23(26(31)32)14-19-16-28(15-17(2)3)24-11-6-18(25(29)30)13-22(19)24/h6-11,13,16-17,23,27H,12,14-15H2,1-3H3,(H,29,30)(H,31,32). The van der Waals surface area contributed by atoms with Gasteiger partial charge in [-0.3, -0.25) is 4.79 Å². The Hall–Kier alpha value is -3.81. The number of sulfonamides is 1. The predicted octanol–water partition coefficient (Wildman–Crippen LogP) is 3.37. The van der Waals surface area contributed by atoms with Crippen LogP contribution in [0.4, 0.5) is 0 Å². The van der Waals surface area contributed by atoms with Crippen molar-refractivity contribution in [1.82, 2.24) is 9.29 Å². The first kappa shape index (κ1) is 26.8. The van der Waals surface area contributed by atoms with E-state index in [0.717, 1.165) is 5.52 Å². The van der Waals surface area contributed by atoms with E-state index in [2.05, 4.69) is 16.6 Å². The molecule has 0 aliphatic rings. The van der Waals surface area contributed by atoms with Crippen LogP contribution in [-0.4, -0.2) is 47.8 Å². The molecule has 1 unspecified atom stereocenters. The number of rotatable bonds is 11. The molecular weight excluding hydrogens is 484 g/mol. The number of fused-ring (bicyclic) bond motifs is 1. The molecule has 36 heavy (non-hydrogen) atoms. The van der Waals surface area contributed by atoms with Gasteiger partial charge in [-0.1, -0.05) is 19.8 Å². The van der Waals surface area contributed by atoms with Gasteiger partial charge in [-0.25, -0.2) is 13.2 Å². The molecule has 3 N–H and O–H groups in total. The molecule has 0 bridgehead atoms. The lowest BCUT2D eigenvalue weighted by Crippen LogP contribution is -2.42. The minimum Gasteiger partial charge on any atom is -0.481 e. The Morgan fingerprint density at radius 3 is 2.39 bits per heavy atom. The Kier molecular flexibility index (Phi) is 8.40. The van der Waals surface area contributed by atoms with Gasteiger partial charge in [0.05, 0.1) is 10.5 Å². The van der Waals surface area contributed by atoms with Crippen LogP contribution in [0.2, 0.25) is 0 Å². The summed E-state index contributed by atoms with van der Waals surface area (Å²) in [7, 11) is -4.17. The van der Waals surface area contributed by atoms with Gasteiger partial charge in [-0.2, -0.15) is 4.72 Å². The monoisotopic (exact) mass is 512 g/mol. The number of aromatic nitrogens is 1. The van der Waals surface area contributed by atoms with E-state index < -0.39 is 28.0 Å². The fourth-order valence-electron chi connectivity index (χ4n) is 3.77. The average molecular weight is 513 g/mol. The molecule has 10 heteroatoms. The number of carbonyl (C=O) groups is 2. The summed E-state index contributed by atoms with van der Waals surface area (Å²) in [6, 6.07) is 8.76. The van der Waals surface area contributed by atoms with Crippen molar-refractivity contribution < 1.29 is 33.0 Å². The number of nitrogens with one attached hydrogen (secondary N) is 1. The molecule has 0 spiro atoms. The number of hydrogen-bond donors (Lipinski definition) is 3. The summed E-state index contributed by atoms with van der Waals surface area (Å²) in [6.45, 7) is 6.52. The van der Waals surface area contributed by atoms with Crippen LogP contribution in [0.15, 0.2) is 53.6 Å². The van der Waals surface area contributed by atoms with Crippen LogP contribution in [0.3, 0.4) is 0 Å². The maximum absolute atomic E-state index is 12.9. The quantitative estimate of drug-likeness (QED) is 0.335. The maximum atomic E-state index is 12.9.